The molecule has 1 heteroatoms. The minimum absolute atomic E-state index is 0.432. The minimum atomic E-state index is 0.432. The maximum absolute atomic E-state index is 2.53. The second-order valence-corrected chi connectivity index (χ2v) is 5.34. The molecule has 2 rings (SSSR count). The van der Waals surface area contributed by atoms with Gasteiger partial charge in [0.05, 0.1) is 0 Å². The van der Waals surface area contributed by atoms with Crippen molar-refractivity contribution in [3.05, 3.63) is 71.8 Å². The van der Waals surface area contributed by atoms with Crippen molar-refractivity contribution in [3.8, 4) is 0 Å². The average molecular weight is 253 g/mol. The molecule has 0 spiro atoms. The van der Waals surface area contributed by atoms with Gasteiger partial charge in [-0.25, -0.2) is 0 Å². The van der Waals surface area contributed by atoms with Gasteiger partial charge >= 0.3 is 0 Å². The maximum atomic E-state index is 2.53. The van der Waals surface area contributed by atoms with E-state index in [1.54, 1.807) is 0 Å². The van der Waals surface area contributed by atoms with Gasteiger partial charge in [-0.1, -0.05) is 60.7 Å². The first-order valence-electron chi connectivity index (χ1n) is 7.03. The summed E-state index contributed by atoms with van der Waals surface area (Å²) in [4.78, 5) is 2.53. The smallest absolute Gasteiger partial charge is 0.0326 e. The molecule has 2 aromatic carbocycles. The summed E-state index contributed by atoms with van der Waals surface area (Å²) >= 11 is 0. The van der Waals surface area contributed by atoms with Crippen LogP contribution in [0.3, 0.4) is 0 Å². The molecule has 100 valence electrons. The second-order valence-electron chi connectivity index (χ2n) is 5.34. The van der Waals surface area contributed by atoms with Crippen molar-refractivity contribution in [1.82, 2.24) is 4.90 Å². The molecular formula is C18H23N. The van der Waals surface area contributed by atoms with Crippen molar-refractivity contribution < 1.29 is 0 Å². The van der Waals surface area contributed by atoms with E-state index < -0.39 is 0 Å². The highest BCUT2D eigenvalue weighted by Crippen LogP contribution is 2.24. The van der Waals surface area contributed by atoms with E-state index >= 15 is 0 Å². The van der Waals surface area contributed by atoms with Crippen molar-refractivity contribution in [2.45, 2.75) is 39.4 Å². The zero-order valence-electron chi connectivity index (χ0n) is 12.1. The Labute approximate surface area is 116 Å². The molecule has 0 saturated heterocycles. The summed E-state index contributed by atoms with van der Waals surface area (Å²) in [6, 6.07) is 22.4. The van der Waals surface area contributed by atoms with Crippen LogP contribution in [-0.4, -0.2) is 10.9 Å². The molecule has 0 aliphatic rings. The van der Waals surface area contributed by atoms with Crippen molar-refractivity contribution in [1.29, 1.82) is 0 Å². The van der Waals surface area contributed by atoms with E-state index in [4.69, 9.17) is 0 Å². The normalized spacial score (nSPS) is 12.9. The first kappa shape index (κ1) is 13.8. The summed E-state index contributed by atoms with van der Waals surface area (Å²) in [5, 5.41) is 0. The van der Waals surface area contributed by atoms with Crippen molar-refractivity contribution in [3.63, 3.8) is 0 Å². The highest BCUT2D eigenvalue weighted by atomic mass is 15.2. The van der Waals surface area contributed by atoms with Gasteiger partial charge in [-0.2, -0.15) is 0 Å². The molecule has 1 atom stereocenters. The van der Waals surface area contributed by atoms with Gasteiger partial charge < -0.3 is 0 Å². The molecule has 0 aromatic heterocycles. The molecule has 2 aromatic rings. The molecule has 0 aliphatic carbocycles. The third-order valence-corrected chi connectivity index (χ3v) is 3.65. The molecule has 0 bridgehead atoms. The van der Waals surface area contributed by atoms with Gasteiger partial charge in [-0.15, -0.1) is 0 Å². The Bertz CT molecular complexity index is 476. The summed E-state index contributed by atoms with van der Waals surface area (Å²) in [5.41, 5.74) is 2.76. The lowest BCUT2D eigenvalue weighted by molar-refractivity contribution is 0.155. The largest absolute Gasteiger partial charge is 0.290 e. The Morgan fingerprint density at radius 3 is 1.84 bits per heavy atom. The number of rotatable bonds is 5. The van der Waals surface area contributed by atoms with E-state index in [0.717, 1.165) is 6.54 Å². The molecule has 0 unspecified atom stereocenters. The molecule has 0 radical (unpaired) electrons. The van der Waals surface area contributed by atoms with E-state index in [0.29, 0.717) is 12.1 Å². The van der Waals surface area contributed by atoms with Crippen LogP contribution in [0.5, 0.6) is 0 Å². The second kappa shape index (κ2) is 6.53. The average Bonchev–Trinajstić information content (AvgIpc) is 2.46. The summed E-state index contributed by atoms with van der Waals surface area (Å²) in [5.74, 6) is 0. The fourth-order valence-electron chi connectivity index (χ4n) is 2.48. The molecule has 0 amide bonds. The van der Waals surface area contributed by atoms with Gasteiger partial charge in [0.15, 0.2) is 0 Å². The third-order valence-electron chi connectivity index (χ3n) is 3.65. The third kappa shape index (κ3) is 3.68. The lowest BCUT2D eigenvalue weighted by atomic mass is 10.0. The number of hydrogen-bond donors (Lipinski definition) is 0. The van der Waals surface area contributed by atoms with Gasteiger partial charge in [0.2, 0.25) is 0 Å². The zero-order chi connectivity index (χ0) is 13.7. The first-order valence-corrected chi connectivity index (χ1v) is 7.03. The number of hydrogen-bond acceptors (Lipinski definition) is 1. The van der Waals surface area contributed by atoms with E-state index in [9.17, 15) is 0 Å². The first-order chi connectivity index (χ1) is 9.18. The quantitative estimate of drug-likeness (QED) is 0.749. The van der Waals surface area contributed by atoms with Crippen LogP contribution in [0.25, 0.3) is 0 Å². The van der Waals surface area contributed by atoms with E-state index in [1.807, 2.05) is 0 Å². The van der Waals surface area contributed by atoms with Crippen LogP contribution in [0, 0.1) is 0 Å². The van der Waals surface area contributed by atoms with E-state index in [-0.39, 0.29) is 0 Å². The predicted octanol–water partition coefficient (Wildman–Crippen LogP) is 4.66. The Morgan fingerprint density at radius 2 is 1.32 bits per heavy atom. The Balaban J connectivity index is 2.17. The van der Waals surface area contributed by atoms with Crippen molar-refractivity contribution >= 4 is 0 Å². The number of benzene rings is 2. The maximum Gasteiger partial charge on any atom is 0.0326 e. The van der Waals surface area contributed by atoms with Crippen LogP contribution in [0.4, 0.5) is 0 Å². The summed E-state index contributed by atoms with van der Waals surface area (Å²) in [6.07, 6.45) is 0. The molecule has 1 nitrogen and oxygen atoms in total. The van der Waals surface area contributed by atoms with Crippen molar-refractivity contribution in [2.75, 3.05) is 0 Å². The van der Waals surface area contributed by atoms with Crippen LogP contribution >= 0.6 is 0 Å². The van der Waals surface area contributed by atoms with Crippen LogP contribution < -0.4 is 0 Å². The lowest BCUT2D eigenvalue weighted by Gasteiger charge is -2.33. The van der Waals surface area contributed by atoms with Crippen molar-refractivity contribution in [2.24, 2.45) is 0 Å². The van der Waals surface area contributed by atoms with Gasteiger partial charge in [-0.3, -0.25) is 4.90 Å². The zero-order valence-corrected chi connectivity index (χ0v) is 12.1. The van der Waals surface area contributed by atoms with Crippen LogP contribution in [0.2, 0.25) is 0 Å². The molecule has 0 saturated carbocycles. The van der Waals surface area contributed by atoms with Gasteiger partial charge in [0.25, 0.3) is 0 Å². The Hall–Kier alpha value is -1.60. The van der Waals surface area contributed by atoms with E-state index in [2.05, 4.69) is 86.3 Å². The lowest BCUT2D eigenvalue weighted by Crippen LogP contribution is -2.33. The molecular weight excluding hydrogens is 230 g/mol. The van der Waals surface area contributed by atoms with Gasteiger partial charge in [-0.05, 0) is 31.9 Å². The van der Waals surface area contributed by atoms with Gasteiger partial charge in [0, 0.05) is 18.6 Å². The number of nitrogens with zero attached hydrogens (tertiary/aromatic N) is 1. The highest BCUT2D eigenvalue weighted by molar-refractivity contribution is 5.20. The molecule has 0 heterocycles. The summed E-state index contributed by atoms with van der Waals surface area (Å²) < 4.78 is 0. The van der Waals surface area contributed by atoms with Crippen LogP contribution in [0.15, 0.2) is 60.7 Å². The van der Waals surface area contributed by atoms with Crippen LogP contribution in [0.1, 0.15) is 37.9 Å². The highest BCUT2D eigenvalue weighted by Gasteiger charge is 2.18. The topological polar surface area (TPSA) is 3.24 Å². The fraction of sp³-hybridized carbons (Fsp3) is 0.333. The van der Waals surface area contributed by atoms with Crippen LogP contribution in [-0.2, 0) is 6.54 Å². The molecule has 0 aliphatic heterocycles. The Morgan fingerprint density at radius 1 is 0.789 bits per heavy atom. The molecule has 0 N–H and O–H groups in total. The monoisotopic (exact) mass is 253 g/mol. The molecule has 19 heavy (non-hydrogen) atoms. The minimum Gasteiger partial charge on any atom is -0.290 e. The summed E-state index contributed by atoms with van der Waals surface area (Å²) in [6.45, 7) is 7.82. The standard InChI is InChI=1S/C18H23N/c1-15(2)19(14-17-10-6-4-7-11-17)16(3)18-12-8-5-9-13-18/h4-13,15-16H,14H2,1-3H3/t16-/m0/s1. The Kier molecular flexibility index (Phi) is 4.75. The fourth-order valence-corrected chi connectivity index (χ4v) is 2.48. The van der Waals surface area contributed by atoms with E-state index in [1.165, 1.54) is 11.1 Å². The SMILES string of the molecule is CC(C)N(Cc1ccccc1)[C@@H](C)c1ccccc1. The summed E-state index contributed by atoms with van der Waals surface area (Å²) in [7, 11) is 0. The van der Waals surface area contributed by atoms with Gasteiger partial charge in [0.1, 0.15) is 0 Å². The predicted molar refractivity (Wildman–Crippen MR) is 82.0 cm³/mol. The molecule has 0 fully saturated rings.